The fourth-order valence-electron chi connectivity index (χ4n) is 5.27. The molecule has 6 nitrogen and oxygen atoms in total. The van der Waals surface area contributed by atoms with Crippen molar-refractivity contribution in [2.75, 3.05) is 37.6 Å². The van der Waals surface area contributed by atoms with Gasteiger partial charge in [-0.2, -0.15) is 0 Å². The van der Waals surface area contributed by atoms with E-state index < -0.39 is 0 Å². The molecule has 1 unspecified atom stereocenters. The van der Waals surface area contributed by atoms with E-state index in [9.17, 15) is 14.0 Å². The number of rotatable bonds is 5. The summed E-state index contributed by atoms with van der Waals surface area (Å²) >= 11 is 0. The van der Waals surface area contributed by atoms with Crippen molar-refractivity contribution in [3.8, 4) is 0 Å². The smallest absolute Gasteiger partial charge is 0.268 e. The van der Waals surface area contributed by atoms with Gasteiger partial charge < -0.3 is 20.1 Å². The van der Waals surface area contributed by atoms with Gasteiger partial charge in [-0.05, 0) is 56.0 Å². The van der Waals surface area contributed by atoms with Crippen molar-refractivity contribution in [1.82, 2.24) is 15.2 Å². The summed E-state index contributed by atoms with van der Waals surface area (Å²) in [5.74, 6) is -0.506. The van der Waals surface area contributed by atoms with Gasteiger partial charge in [-0.25, -0.2) is 4.39 Å². The first kappa shape index (κ1) is 23.5. The van der Waals surface area contributed by atoms with Crippen molar-refractivity contribution in [1.29, 1.82) is 0 Å². The summed E-state index contributed by atoms with van der Waals surface area (Å²) in [6.45, 7) is 14.7. The number of benzene rings is 1. The molecule has 0 bridgehead atoms. The van der Waals surface area contributed by atoms with Crippen LogP contribution in [0.1, 0.15) is 77.8 Å². The van der Waals surface area contributed by atoms with Gasteiger partial charge in [0.15, 0.2) is 5.78 Å². The van der Waals surface area contributed by atoms with Crippen LogP contribution < -0.4 is 10.2 Å². The molecule has 1 aromatic carbocycles. The van der Waals surface area contributed by atoms with Crippen molar-refractivity contribution in [2.45, 2.75) is 53.5 Å². The summed E-state index contributed by atoms with van der Waals surface area (Å²) in [6, 6.07) is 4.43. The molecule has 1 saturated heterocycles. The van der Waals surface area contributed by atoms with E-state index in [4.69, 9.17) is 0 Å². The topological polar surface area (TPSA) is 68.4 Å². The molecule has 0 saturated carbocycles. The first-order valence-corrected chi connectivity index (χ1v) is 11.9. The van der Waals surface area contributed by atoms with Gasteiger partial charge in [-0.15, -0.1) is 0 Å². The Hall–Kier alpha value is -2.67. The highest BCUT2D eigenvalue weighted by molar-refractivity contribution is 6.04. The molecule has 1 amide bonds. The van der Waals surface area contributed by atoms with E-state index in [2.05, 4.69) is 40.9 Å². The molecule has 4 rings (SSSR count). The monoisotopic (exact) mass is 454 g/mol. The van der Waals surface area contributed by atoms with Crippen LogP contribution in [0.4, 0.5) is 10.1 Å². The Labute approximate surface area is 195 Å². The summed E-state index contributed by atoms with van der Waals surface area (Å²) in [7, 11) is 0. The van der Waals surface area contributed by atoms with Crippen molar-refractivity contribution >= 4 is 17.4 Å². The number of fused-ring (bicyclic) bond motifs is 1. The Bertz CT molecular complexity index is 1070. The second-order valence-corrected chi connectivity index (χ2v) is 10.2. The number of aromatic amines is 1. The van der Waals surface area contributed by atoms with Gasteiger partial charge in [-0.3, -0.25) is 9.59 Å². The molecule has 1 aromatic heterocycles. The fourth-order valence-corrected chi connectivity index (χ4v) is 5.27. The van der Waals surface area contributed by atoms with Crippen molar-refractivity contribution in [2.24, 2.45) is 5.41 Å². The van der Waals surface area contributed by atoms with Crippen LogP contribution in [0.3, 0.4) is 0 Å². The Morgan fingerprint density at radius 3 is 2.58 bits per heavy atom. The first-order chi connectivity index (χ1) is 15.6. The quantitative estimate of drug-likeness (QED) is 0.709. The number of nitrogens with one attached hydrogen (secondary N) is 2. The number of carbonyl (C=O) groups is 2. The normalized spacial score (nSPS) is 19.3. The molecule has 2 N–H and O–H groups in total. The third-order valence-corrected chi connectivity index (χ3v) is 7.09. The summed E-state index contributed by atoms with van der Waals surface area (Å²) in [5, 5.41) is 3.04. The molecule has 33 heavy (non-hydrogen) atoms. The number of nitrogens with zero attached hydrogens (tertiary/aromatic N) is 2. The highest BCUT2D eigenvalue weighted by atomic mass is 19.1. The Morgan fingerprint density at radius 2 is 1.91 bits per heavy atom. The van der Waals surface area contributed by atoms with E-state index >= 15 is 0 Å². The van der Waals surface area contributed by atoms with Gasteiger partial charge in [0, 0.05) is 55.1 Å². The molecule has 2 heterocycles. The van der Waals surface area contributed by atoms with E-state index in [1.807, 2.05) is 19.9 Å². The maximum absolute atomic E-state index is 14.2. The molecule has 0 radical (unpaired) electrons. The van der Waals surface area contributed by atoms with Gasteiger partial charge in [0.2, 0.25) is 0 Å². The number of Topliss-reactive ketones (excluding diaryl/α,β-unsaturated/α-hetero) is 1. The van der Waals surface area contributed by atoms with E-state index in [1.165, 1.54) is 12.1 Å². The Balaban J connectivity index is 1.56. The maximum Gasteiger partial charge on any atom is 0.268 e. The lowest BCUT2D eigenvalue weighted by Crippen LogP contribution is -2.46. The predicted octanol–water partition coefficient (Wildman–Crippen LogP) is 4.25. The summed E-state index contributed by atoms with van der Waals surface area (Å²) in [4.78, 5) is 33.8. The lowest BCUT2D eigenvalue weighted by molar-refractivity contribution is 0.0909. The number of carbonyl (C=O) groups excluding carboxylic acids is 2. The summed E-state index contributed by atoms with van der Waals surface area (Å²) in [6.07, 6.45) is 1.21. The zero-order chi connectivity index (χ0) is 23.9. The SMILES string of the molecule is CCN1CCN(c2ccc(F)cc2C(C)NC(=O)c2[nH]c3c(c2C)C(=O)CC(C)(C)C3)CC1. The molecule has 2 aromatic rings. The maximum atomic E-state index is 14.2. The van der Waals surface area contributed by atoms with Crippen LogP contribution in [-0.2, 0) is 6.42 Å². The molecule has 1 aliphatic heterocycles. The van der Waals surface area contributed by atoms with Crippen molar-refractivity contribution in [3.05, 3.63) is 52.1 Å². The molecule has 7 heteroatoms. The number of ketones is 1. The van der Waals surface area contributed by atoms with Crippen LogP contribution in [0.5, 0.6) is 0 Å². The minimum atomic E-state index is -0.390. The number of hydrogen-bond acceptors (Lipinski definition) is 4. The van der Waals surface area contributed by atoms with Gasteiger partial charge >= 0.3 is 0 Å². The number of halogens is 1. The van der Waals surface area contributed by atoms with Crippen LogP contribution in [0.25, 0.3) is 0 Å². The molecule has 1 aliphatic carbocycles. The second kappa shape index (κ2) is 8.93. The van der Waals surface area contributed by atoms with E-state index in [-0.39, 0.29) is 29.0 Å². The Kier molecular flexibility index (Phi) is 6.36. The lowest BCUT2D eigenvalue weighted by atomic mass is 9.75. The minimum Gasteiger partial charge on any atom is -0.369 e. The molecular formula is C26H35FN4O2. The zero-order valence-electron chi connectivity index (χ0n) is 20.3. The molecule has 0 spiro atoms. The lowest BCUT2D eigenvalue weighted by Gasteiger charge is -2.37. The fraction of sp³-hybridized carbons (Fsp3) is 0.538. The van der Waals surface area contributed by atoms with Gasteiger partial charge in [-0.1, -0.05) is 20.8 Å². The molecule has 178 valence electrons. The predicted molar refractivity (Wildman–Crippen MR) is 129 cm³/mol. The summed E-state index contributed by atoms with van der Waals surface area (Å²) in [5.41, 5.74) is 4.22. The standard InChI is InChI=1S/C26H35FN4O2/c1-6-30-9-11-31(12-10-30)21-8-7-18(27)13-19(21)17(3)28-25(33)24-16(2)23-20(29-24)14-26(4,5)15-22(23)32/h7-8,13,17,29H,6,9-12,14-15H2,1-5H3,(H,28,33). The van der Waals surface area contributed by atoms with E-state index in [0.29, 0.717) is 23.2 Å². The van der Waals surface area contributed by atoms with Crippen LogP contribution in [0.15, 0.2) is 18.2 Å². The largest absolute Gasteiger partial charge is 0.369 e. The van der Waals surface area contributed by atoms with E-state index in [1.54, 1.807) is 0 Å². The van der Waals surface area contributed by atoms with Crippen LogP contribution >= 0.6 is 0 Å². The average molecular weight is 455 g/mol. The Morgan fingerprint density at radius 1 is 1.21 bits per heavy atom. The number of piperazine rings is 1. The van der Waals surface area contributed by atoms with Crippen molar-refractivity contribution in [3.63, 3.8) is 0 Å². The van der Waals surface area contributed by atoms with E-state index in [0.717, 1.165) is 56.1 Å². The molecule has 1 atom stereocenters. The van der Waals surface area contributed by atoms with Crippen LogP contribution in [0, 0.1) is 18.2 Å². The van der Waals surface area contributed by atoms with Crippen LogP contribution in [-0.4, -0.2) is 54.3 Å². The second-order valence-electron chi connectivity index (χ2n) is 10.2. The molecular weight excluding hydrogens is 419 g/mol. The average Bonchev–Trinajstić information content (AvgIpc) is 3.09. The number of likely N-dealkylation sites (N-methyl/N-ethyl adjacent to an activating group) is 1. The summed E-state index contributed by atoms with van der Waals surface area (Å²) < 4.78 is 14.2. The highest BCUT2D eigenvalue weighted by Crippen LogP contribution is 2.37. The minimum absolute atomic E-state index is 0.0840. The van der Waals surface area contributed by atoms with Crippen molar-refractivity contribution < 1.29 is 14.0 Å². The number of amides is 1. The number of aromatic nitrogens is 1. The van der Waals surface area contributed by atoms with Gasteiger partial charge in [0.25, 0.3) is 5.91 Å². The molecule has 1 fully saturated rings. The third kappa shape index (κ3) is 4.69. The number of anilines is 1. The molecule has 2 aliphatic rings. The number of H-pyrrole nitrogens is 1. The van der Waals surface area contributed by atoms with Crippen LogP contribution in [0.2, 0.25) is 0 Å². The number of hydrogen-bond donors (Lipinski definition) is 2. The van der Waals surface area contributed by atoms with Gasteiger partial charge in [0.05, 0.1) is 6.04 Å². The zero-order valence-corrected chi connectivity index (χ0v) is 20.3. The third-order valence-electron chi connectivity index (χ3n) is 7.09. The highest BCUT2D eigenvalue weighted by Gasteiger charge is 2.35. The van der Waals surface area contributed by atoms with Gasteiger partial charge in [0.1, 0.15) is 11.5 Å². The first-order valence-electron chi connectivity index (χ1n) is 11.9.